The Bertz CT molecular complexity index is 408. The number of nitrogens with two attached hydrogens (primary N) is 1. The Hall–Kier alpha value is -1.75. The van der Waals surface area contributed by atoms with Crippen LogP contribution in [0.1, 0.15) is 19.8 Å². The third-order valence-electron chi connectivity index (χ3n) is 2.86. The minimum absolute atomic E-state index is 0.0656. The van der Waals surface area contributed by atoms with Crippen molar-refractivity contribution >= 4 is 5.97 Å². The minimum Gasteiger partial charge on any atom is -0.493 e. The highest BCUT2D eigenvalue weighted by molar-refractivity contribution is 5.67. The van der Waals surface area contributed by atoms with Crippen molar-refractivity contribution in [3.63, 3.8) is 0 Å². The Morgan fingerprint density at radius 1 is 1.37 bits per heavy atom. The number of benzene rings is 1. The SMILES string of the molecule is COc1ccccc1OC(C)CC(CN)CC(=O)O. The van der Waals surface area contributed by atoms with Gasteiger partial charge >= 0.3 is 5.97 Å². The highest BCUT2D eigenvalue weighted by Gasteiger charge is 2.17. The Balaban J connectivity index is 2.58. The molecule has 0 aromatic heterocycles. The zero-order valence-corrected chi connectivity index (χ0v) is 11.3. The summed E-state index contributed by atoms with van der Waals surface area (Å²) in [5, 5.41) is 8.78. The van der Waals surface area contributed by atoms with E-state index in [1.165, 1.54) is 0 Å². The van der Waals surface area contributed by atoms with Crippen LogP contribution in [0.2, 0.25) is 0 Å². The summed E-state index contributed by atoms with van der Waals surface area (Å²) in [4.78, 5) is 10.7. The average molecular weight is 267 g/mol. The number of hydrogen-bond acceptors (Lipinski definition) is 4. The molecule has 19 heavy (non-hydrogen) atoms. The zero-order valence-electron chi connectivity index (χ0n) is 11.3. The lowest BCUT2D eigenvalue weighted by atomic mass is 9.99. The van der Waals surface area contributed by atoms with Gasteiger partial charge in [0, 0.05) is 6.42 Å². The molecule has 1 aromatic carbocycles. The molecular weight excluding hydrogens is 246 g/mol. The van der Waals surface area contributed by atoms with E-state index in [9.17, 15) is 4.79 Å². The molecule has 0 saturated heterocycles. The maximum absolute atomic E-state index is 10.7. The molecule has 0 radical (unpaired) electrons. The molecule has 0 fully saturated rings. The summed E-state index contributed by atoms with van der Waals surface area (Å²) < 4.78 is 11.0. The van der Waals surface area contributed by atoms with Crippen molar-refractivity contribution < 1.29 is 19.4 Å². The van der Waals surface area contributed by atoms with Gasteiger partial charge in [-0.2, -0.15) is 0 Å². The Morgan fingerprint density at radius 2 is 2.00 bits per heavy atom. The molecule has 0 bridgehead atoms. The van der Waals surface area contributed by atoms with Crippen molar-refractivity contribution in [2.24, 2.45) is 11.7 Å². The van der Waals surface area contributed by atoms with Gasteiger partial charge in [-0.3, -0.25) is 4.79 Å². The number of rotatable bonds is 8. The fraction of sp³-hybridized carbons (Fsp3) is 0.500. The predicted molar refractivity (Wildman–Crippen MR) is 72.5 cm³/mol. The quantitative estimate of drug-likeness (QED) is 0.751. The fourth-order valence-corrected chi connectivity index (χ4v) is 1.96. The van der Waals surface area contributed by atoms with Crippen molar-refractivity contribution in [1.82, 2.24) is 0 Å². The fourth-order valence-electron chi connectivity index (χ4n) is 1.96. The number of hydrogen-bond donors (Lipinski definition) is 2. The number of aliphatic carboxylic acids is 1. The van der Waals surface area contributed by atoms with Crippen molar-refractivity contribution in [2.75, 3.05) is 13.7 Å². The molecule has 5 heteroatoms. The standard InChI is InChI=1S/C14H21NO4/c1-10(7-11(9-15)8-14(16)17)19-13-6-4-3-5-12(13)18-2/h3-6,10-11H,7-9,15H2,1-2H3,(H,16,17). The van der Waals surface area contributed by atoms with E-state index < -0.39 is 5.97 Å². The summed E-state index contributed by atoms with van der Waals surface area (Å²) in [5.74, 6) is 0.405. The van der Waals surface area contributed by atoms with E-state index in [2.05, 4.69) is 0 Å². The number of carboxylic acids is 1. The highest BCUT2D eigenvalue weighted by atomic mass is 16.5. The van der Waals surface area contributed by atoms with Gasteiger partial charge in [-0.15, -0.1) is 0 Å². The largest absolute Gasteiger partial charge is 0.493 e. The van der Waals surface area contributed by atoms with E-state index in [1.807, 2.05) is 31.2 Å². The van der Waals surface area contributed by atoms with Crippen LogP contribution >= 0.6 is 0 Å². The van der Waals surface area contributed by atoms with E-state index in [1.54, 1.807) is 7.11 Å². The molecule has 0 aliphatic carbocycles. The first-order valence-corrected chi connectivity index (χ1v) is 6.28. The van der Waals surface area contributed by atoms with E-state index in [-0.39, 0.29) is 18.4 Å². The van der Waals surface area contributed by atoms with Crippen LogP contribution in [0, 0.1) is 5.92 Å². The third kappa shape index (κ3) is 5.18. The lowest BCUT2D eigenvalue weighted by Crippen LogP contribution is -2.25. The minimum atomic E-state index is -0.833. The van der Waals surface area contributed by atoms with E-state index in [0.717, 1.165) is 0 Å². The Labute approximate surface area is 113 Å². The van der Waals surface area contributed by atoms with Crippen LogP contribution in [-0.4, -0.2) is 30.8 Å². The molecule has 0 heterocycles. The van der Waals surface area contributed by atoms with Gasteiger partial charge in [0.1, 0.15) is 0 Å². The lowest BCUT2D eigenvalue weighted by Gasteiger charge is -2.20. The molecular formula is C14H21NO4. The molecule has 0 amide bonds. The first-order valence-electron chi connectivity index (χ1n) is 6.28. The van der Waals surface area contributed by atoms with Crippen molar-refractivity contribution in [1.29, 1.82) is 0 Å². The summed E-state index contributed by atoms with van der Waals surface area (Å²) in [6.07, 6.45) is 0.543. The second-order valence-corrected chi connectivity index (χ2v) is 4.51. The van der Waals surface area contributed by atoms with Gasteiger partial charge in [0.2, 0.25) is 0 Å². The van der Waals surface area contributed by atoms with Gasteiger partial charge in [0.05, 0.1) is 13.2 Å². The van der Waals surface area contributed by atoms with Crippen LogP contribution < -0.4 is 15.2 Å². The topological polar surface area (TPSA) is 81.8 Å². The summed E-state index contributed by atoms with van der Waals surface area (Å²) in [5.41, 5.74) is 5.58. The van der Waals surface area contributed by atoms with E-state index in [0.29, 0.717) is 24.5 Å². The maximum Gasteiger partial charge on any atom is 0.303 e. The van der Waals surface area contributed by atoms with Crippen molar-refractivity contribution in [3.05, 3.63) is 24.3 Å². The van der Waals surface area contributed by atoms with Crippen LogP contribution in [0.15, 0.2) is 24.3 Å². The Kier molecular flexibility index (Phi) is 6.15. The van der Waals surface area contributed by atoms with Crippen molar-refractivity contribution in [2.45, 2.75) is 25.9 Å². The second kappa shape index (κ2) is 7.63. The van der Waals surface area contributed by atoms with Crippen LogP contribution in [0.5, 0.6) is 11.5 Å². The molecule has 2 atom stereocenters. The first-order chi connectivity index (χ1) is 9.06. The molecule has 106 valence electrons. The Morgan fingerprint density at radius 3 is 2.53 bits per heavy atom. The first kappa shape index (κ1) is 15.3. The monoisotopic (exact) mass is 267 g/mol. The number of carboxylic acid groups (broad SMARTS) is 1. The van der Waals surface area contributed by atoms with Crippen LogP contribution in [-0.2, 0) is 4.79 Å². The second-order valence-electron chi connectivity index (χ2n) is 4.51. The average Bonchev–Trinajstić information content (AvgIpc) is 2.38. The number of para-hydroxylation sites is 2. The summed E-state index contributed by atoms with van der Waals surface area (Å²) in [6, 6.07) is 7.37. The molecule has 0 spiro atoms. The number of methoxy groups -OCH3 is 1. The summed E-state index contributed by atoms with van der Waals surface area (Å²) in [6.45, 7) is 2.24. The molecule has 0 saturated carbocycles. The third-order valence-corrected chi connectivity index (χ3v) is 2.86. The predicted octanol–water partition coefficient (Wildman–Crippen LogP) is 1.90. The smallest absolute Gasteiger partial charge is 0.303 e. The number of ether oxygens (including phenoxy) is 2. The number of carbonyl (C=O) groups is 1. The molecule has 5 nitrogen and oxygen atoms in total. The lowest BCUT2D eigenvalue weighted by molar-refractivity contribution is -0.138. The maximum atomic E-state index is 10.7. The van der Waals surface area contributed by atoms with Crippen LogP contribution in [0.3, 0.4) is 0 Å². The molecule has 0 aliphatic heterocycles. The van der Waals surface area contributed by atoms with Gasteiger partial charge in [-0.25, -0.2) is 0 Å². The van der Waals surface area contributed by atoms with E-state index >= 15 is 0 Å². The molecule has 2 unspecified atom stereocenters. The summed E-state index contributed by atoms with van der Waals surface area (Å²) in [7, 11) is 1.58. The van der Waals surface area contributed by atoms with Gasteiger partial charge in [-0.05, 0) is 37.9 Å². The molecule has 1 aromatic rings. The molecule has 3 N–H and O–H groups in total. The van der Waals surface area contributed by atoms with Crippen LogP contribution in [0.25, 0.3) is 0 Å². The van der Waals surface area contributed by atoms with Gasteiger partial charge < -0.3 is 20.3 Å². The van der Waals surface area contributed by atoms with Crippen molar-refractivity contribution in [3.8, 4) is 11.5 Å². The van der Waals surface area contributed by atoms with Crippen LogP contribution in [0.4, 0.5) is 0 Å². The van der Waals surface area contributed by atoms with Gasteiger partial charge in [0.15, 0.2) is 11.5 Å². The van der Waals surface area contributed by atoms with Gasteiger partial charge in [-0.1, -0.05) is 12.1 Å². The normalized spacial score (nSPS) is 13.6. The zero-order chi connectivity index (χ0) is 14.3. The van der Waals surface area contributed by atoms with Gasteiger partial charge in [0.25, 0.3) is 0 Å². The molecule has 0 aliphatic rings. The highest BCUT2D eigenvalue weighted by Crippen LogP contribution is 2.28. The summed E-state index contributed by atoms with van der Waals surface area (Å²) >= 11 is 0. The molecule has 1 rings (SSSR count). The van der Waals surface area contributed by atoms with E-state index in [4.69, 9.17) is 20.3 Å².